The van der Waals surface area contributed by atoms with Crippen molar-refractivity contribution < 1.29 is 56.8 Å². The van der Waals surface area contributed by atoms with Gasteiger partial charge in [0.2, 0.25) is 0 Å². The third-order valence-corrected chi connectivity index (χ3v) is 13.6. The summed E-state index contributed by atoms with van der Waals surface area (Å²) in [6.07, 6.45) is 39.7. The molecular formula is C53H100O12S. The molecule has 0 aromatic rings. The Labute approximate surface area is 403 Å². The van der Waals surface area contributed by atoms with Crippen molar-refractivity contribution in [2.24, 2.45) is 0 Å². The fourth-order valence-electron chi connectivity index (χ4n) is 8.62. The second-order valence-electron chi connectivity index (χ2n) is 19.3. The number of ether oxygens (including phenoxy) is 4. The molecule has 0 aromatic heterocycles. The second-order valence-corrected chi connectivity index (χ2v) is 20.8. The van der Waals surface area contributed by atoms with Crippen LogP contribution in [0.4, 0.5) is 0 Å². The molecule has 1 fully saturated rings. The molecule has 0 bridgehead atoms. The van der Waals surface area contributed by atoms with Gasteiger partial charge >= 0.3 is 11.9 Å². The van der Waals surface area contributed by atoms with Gasteiger partial charge in [-0.15, -0.1) is 0 Å². The van der Waals surface area contributed by atoms with Crippen molar-refractivity contribution in [3.8, 4) is 0 Å². The number of rotatable bonds is 47. The minimum atomic E-state index is -4.60. The average molecular weight is 961 g/mol. The third kappa shape index (κ3) is 37.3. The molecule has 66 heavy (non-hydrogen) atoms. The van der Waals surface area contributed by atoms with Gasteiger partial charge in [0.05, 0.1) is 6.61 Å². The van der Waals surface area contributed by atoms with Crippen LogP contribution >= 0.6 is 0 Å². The van der Waals surface area contributed by atoms with E-state index in [0.717, 1.165) is 51.4 Å². The number of aliphatic hydroxyl groups excluding tert-OH is 3. The van der Waals surface area contributed by atoms with Gasteiger partial charge in [-0.2, -0.15) is 8.42 Å². The number of hydrogen-bond donors (Lipinski definition) is 4. The van der Waals surface area contributed by atoms with Crippen LogP contribution in [0.5, 0.6) is 0 Å². The Morgan fingerprint density at radius 3 is 1.27 bits per heavy atom. The van der Waals surface area contributed by atoms with Crippen molar-refractivity contribution in [3.05, 3.63) is 12.2 Å². The molecule has 1 saturated heterocycles. The lowest BCUT2D eigenvalue weighted by Gasteiger charge is -2.40. The molecule has 1 rings (SSSR count). The van der Waals surface area contributed by atoms with Crippen LogP contribution in [0.3, 0.4) is 0 Å². The highest BCUT2D eigenvalue weighted by Crippen LogP contribution is 2.24. The number of esters is 2. The van der Waals surface area contributed by atoms with Crippen molar-refractivity contribution in [1.29, 1.82) is 0 Å². The lowest BCUT2D eigenvalue weighted by atomic mass is 10.00. The molecule has 1 aliphatic heterocycles. The smallest absolute Gasteiger partial charge is 0.306 e. The van der Waals surface area contributed by atoms with Gasteiger partial charge in [-0.3, -0.25) is 14.1 Å². The first-order valence-corrected chi connectivity index (χ1v) is 28.9. The molecule has 1 heterocycles. The van der Waals surface area contributed by atoms with E-state index in [1.807, 2.05) is 0 Å². The van der Waals surface area contributed by atoms with Crippen LogP contribution in [0.25, 0.3) is 0 Å². The van der Waals surface area contributed by atoms with Crippen molar-refractivity contribution in [2.75, 3.05) is 19.0 Å². The minimum absolute atomic E-state index is 0.164. The maximum Gasteiger partial charge on any atom is 0.306 e. The topological polar surface area (TPSA) is 186 Å². The van der Waals surface area contributed by atoms with Crippen molar-refractivity contribution in [2.45, 2.75) is 295 Å². The van der Waals surface area contributed by atoms with E-state index >= 15 is 0 Å². The van der Waals surface area contributed by atoms with Crippen LogP contribution in [-0.2, 0) is 38.7 Å². The van der Waals surface area contributed by atoms with E-state index in [1.54, 1.807) is 0 Å². The summed E-state index contributed by atoms with van der Waals surface area (Å²) >= 11 is 0. The molecule has 0 radical (unpaired) electrons. The zero-order valence-electron chi connectivity index (χ0n) is 42.1. The van der Waals surface area contributed by atoms with E-state index in [4.69, 9.17) is 18.9 Å². The predicted octanol–water partition coefficient (Wildman–Crippen LogP) is 12.6. The number of hydrogen-bond acceptors (Lipinski definition) is 11. The average Bonchev–Trinajstić information content (AvgIpc) is 3.28. The van der Waals surface area contributed by atoms with Gasteiger partial charge < -0.3 is 34.3 Å². The molecule has 13 heteroatoms. The Bertz CT molecular complexity index is 1260. The summed E-state index contributed by atoms with van der Waals surface area (Å²) in [5, 5.41) is 31.0. The van der Waals surface area contributed by atoms with E-state index in [2.05, 4.69) is 26.0 Å². The molecule has 6 atom stereocenters. The van der Waals surface area contributed by atoms with Gasteiger partial charge in [0.1, 0.15) is 36.8 Å². The fraction of sp³-hybridized carbons (Fsp3) is 0.925. The van der Waals surface area contributed by atoms with Crippen molar-refractivity contribution in [3.63, 3.8) is 0 Å². The number of allylic oxidation sites excluding steroid dienone is 2. The Hall–Kier alpha value is -1.61. The maximum atomic E-state index is 12.9. The summed E-state index contributed by atoms with van der Waals surface area (Å²) in [5.41, 5.74) is 0. The van der Waals surface area contributed by atoms with E-state index < -0.39 is 71.2 Å². The first-order valence-electron chi connectivity index (χ1n) is 27.2. The summed E-state index contributed by atoms with van der Waals surface area (Å²) in [7, 11) is -4.60. The van der Waals surface area contributed by atoms with Gasteiger partial charge in [-0.1, -0.05) is 219 Å². The number of carbonyl (C=O) groups excluding carboxylic acids is 2. The molecule has 0 amide bonds. The van der Waals surface area contributed by atoms with Gasteiger partial charge in [0, 0.05) is 12.8 Å². The van der Waals surface area contributed by atoms with Crippen LogP contribution in [-0.4, -0.2) is 96.0 Å². The molecule has 1 aliphatic rings. The standard InChI is InChI=1S/C53H100O12S/c1-3-5-7-9-11-13-15-17-19-20-21-22-23-24-25-26-28-29-31-33-35-37-39-41-48(54)62-43-46(44-63-53-52(58)51(57)50(56)47(65-53)45-66(59,60)61)64-49(55)42-40-38-36-34-32-30-27-18-16-14-12-10-8-6-4-2/h14,16,46-47,50-53,56-58H,3-13,15,17-45H2,1-2H3,(H,59,60,61)/b16-14+/t46-,47-,50-,51?,52?,53+/m1/s1. The van der Waals surface area contributed by atoms with Crippen molar-refractivity contribution in [1.82, 2.24) is 0 Å². The van der Waals surface area contributed by atoms with E-state index in [0.29, 0.717) is 12.8 Å². The van der Waals surface area contributed by atoms with E-state index in [9.17, 15) is 37.9 Å². The summed E-state index contributed by atoms with van der Waals surface area (Å²) in [6.45, 7) is 3.79. The summed E-state index contributed by atoms with van der Waals surface area (Å²) in [6, 6.07) is 0. The van der Waals surface area contributed by atoms with Crippen LogP contribution in [0.1, 0.15) is 258 Å². The molecule has 12 nitrogen and oxygen atoms in total. The predicted molar refractivity (Wildman–Crippen MR) is 266 cm³/mol. The first kappa shape index (κ1) is 62.4. The molecular weight excluding hydrogens is 861 g/mol. The quantitative estimate of drug-likeness (QED) is 0.0196. The Morgan fingerprint density at radius 2 is 0.864 bits per heavy atom. The molecule has 0 aromatic carbocycles. The third-order valence-electron chi connectivity index (χ3n) is 12.8. The molecule has 0 aliphatic carbocycles. The molecule has 390 valence electrons. The van der Waals surface area contributed by atoms with Gasteiger partial charge in [0.25, 0.3) is 10.1 Å². The van der Waals surface area contributed by atoms with E-state index in [-0.39, 0.29) is 19.4 Å². The SMILES string of the molecule is CCCCCC/C=C/CCCCCCCCCC(=O)O[C@H](COC(=O)CCCCCCCCCCCCCCCCCCCCCCCCC)CO[C@H]1O[C@H](CS(=O)(=O)O)[C@@H](O)C(O)C1O. The minimum Gasteiger partial charge on any atom is -0.462 e. The zero-order chi connectivity index (χ0) is 48.4. The largest absolute Gasteiger partial charge is 0.462 e. The summed E-state index contributed by atoms with van der Waals surface area (Å²) < 4.78 is 54.3. The summed E-state index contributed by atoms with van der Waals surface area (Å²) in [5.74, 6) is -1.97. The van der Waals surface area contributed by atoms with Gasteiger partial charge in [0.15, 0.2) is 12.4 Å². The first-order chi connectivity index (χ1) is 32.0. The number of aliphatic hydroxyl groups is 3. The van der Waals surface area contributed by atoms with Crippen LogP contribution in [0.2, 0.25) is 0 Å². The second kappa shape index (κ2) is 43.4. The molecule has 2 unspecified atom stereocenters. The fourth-order valence-corrected chi connectivity index (χ4v) is 9.31. The molecule has 4 N–H and O–H groups in total. The Morgan fingerprint density at radius 1 is 0.500 bits per heavy atom. The normalized spacial score (nSPS) is 19.4. The Kier molecular flexibility index (Phi) is 41.0. The monoisotopic (exact) mass is 961 g/mol. The summed E-state index contributed by atoms with van der Waals surface area (Å²) in [4.78, 5) is 25.5. The van der Waals surface area contributed by atoms with Gasteiger partial charge in [-0.05, 0) is 38.5 Å². The highest BCUT2D eigenvalue weighted by atomic mass is 32.2. The van der Waals surface area contributed by atoms with Crippen molar-refractivity contribution >= 4 is 22.1 Å². The number of carbonyl (C=O) groups is 2. The number of unbranched alkanes of at least 4 members (excludes halogenated alkanes) is 33. The van der Waals surface area contributed by atoms with Crippen LogP contribution in [0, 0.1) is 0 Å². The highest BCUT2D eigenvalue weighted by molar-refractivity contribution is 7.85. The molecule has 0 saturated carbocycles. The van der Waals surface area contributed by atoms with Gasteiger partial charge in [-0.25, -0.2) is 0 Å². The Balaban J connectivity index is 2.30. The highest BCUT2D eigenvalue weighted by Gasteiger charge is 2.46. The van der Waals surface area contributed by atoms with Crippen LogP contribution in [0.15, 0.2) is 12.2 Å². The lowest BCUT2D eigenvalue weighted by Crippen LogP contribution is -2.60. The zero-order valence-corrected chi connectivity index (χ0v) is 42.9. The van der Waals surface area contributed by atoms with E-state index in [1.165, 1.54) is 167 Å². The maximum absolute atomic E-state index is 12.9. The molecule has 0 spiro atoms. The lowest BCUT2D eigenvalue weighted by molar-refractivity contribution is -0.297. The van der Waals surface area contributed by atoms with Crippen LogP contribution < -0.4 is 0 Å².